The quantitative estimate of drug-likeness (QED) is 0.346. The molecule has 3 aromatic carbocycles. The lowest BCUT2D eigenvalue weighted by molar-refractivity contribution is 0.102. The van der Waals surface area contributed by atoms with Gasteiger partial charge >= 0.3 is 0 Å². The number of amides is 1. The maximum Gasteiger partial charge on any atom is 0.257 e. The Kier molecular flexibility index (Phi) is 6.14. The van der Waals surface area contributed by atoms with E-state index in [0.29, 0.717) is 23.8 Å². The molecule has 0 saturated heterocycles. The molecule has 0 bridgehead atoms. The molecule has 5 rings (SSSR count). The maximum absolute atomic E-state index is 13.0. The number of anilines is 1. The summed E-state index contributed by atoms with van der Waals surface area (Å²) in [4.78, 5) is 17.8. The summed E-state index contributed by atoms with van der Waals surface area (Å²) in [6.07, 6.45) is 3.60. The van der Waals surface area contributed by atoms with Gasteiger partial charge in [0.15, 0.2) is 5.13 Å². The van der Waals surface area contributed by atoms with E-state index in [1.54, 1.807) is 12.1 Å². The van der Waals surface area contributed by atoms with E-state index in [2.05, 4.69) is 29.6 Å². The number of sulfonamides is 1. The summed E-state index contributed by atoms with van der Waals surface area (Å²) in [5.41, 5.74) is 4.01. The summed E-state index contributed by atoms with van der Waals surface area (Å²) in [7, 11) is -3.58. The molecule has 1 aliphatic rings. The maximum atomic E-state index is 13.0. The van der Waals surface area contributed by atoms with Gasteiger partial charge in [0.25, 0.3) is 5.91 Å². The number of nitrogens with zero attached hydrogens (tertiary/aromatic N) is 2. The SMILES string of the molecule is CCCN(CCC)S(=O)(=O)c1ccc(C(=O)Nc2nc3c(cc4c5c(cccc53)CC4)s2)cc1. The molecule has 4 aromatic rings. The Hall–Kier alpha value is -2.81. The fourth-order valence-electron chi connectivity index (χ4n) is 4.71. The first-order chi connectivity index (χ1) is 16.4. The van der Waals surface area contributed by atoms with Crippen LogP contribution in [0.25, 0.3) is 21.0 Å². The molecule has 1 aromatic heterocycles. The molecule has 176 valence electrons. The number of nitrogens with one attached hydrogen (secondary N) is 1. The summed E-state index contributed by atoms with van der Waals surface area (Å²) in [5.74, 6) is -0.306. The second-order valence-electron chi connectivity index (χ2n) is 8.62. The van der Waals surface area contributed by atoms with Crippen molar-refractivity contribution in [2.75, 3.05) is 18.4 Å². The highest BCUT2D eigenvalue weighted by atomic mass is 32.2. The predicted molar refractivity (Wildman–Crippen MR) is 138 cm³/mol. The number of fused-ring (bicyclic) bond motifs is 2. The van der Waals surface area contributed by atoms with Crippen molar-refractivity contribution in [3.05, 3.63) is 65.2 Å². The Morgan fingerprint density at radius 1 is 1.03 bits per heavy atom. The molecule has 0 fully saturated rings. The van der Waals surface area contributed by atoms with Crippen LogP contribution in [0.3, 0.4) is 0 Å². The number of aryl methyl sites for hydroxylation is 2. The van der Waals surface area contributed by atoms with Gasteiger partial charge in [-0.1, -0.05) is 43.4 Å². The van der Waals surface area contributed by atoms with Crippen LogP contribution in [0.5, 0.6) is 0 Å². The summed E-state index contributed by atoms with van der Waals surface area (Å²) in [6, 6.07) is 14.7. The van der Waals surface area contributed by atoms with Gasteiger partial charge in [-0.05, 0) is 72.5 Å². The fourth-order valence-corrected chi connectivity index (χ4v) is 7.27. The van der Waals surface area contributed by atoms with E-state index in [-0.39, 0.29) is 10.8 Å². The highest BCUT2D eigenvalue weighted by Crippen LogP contribution is 2.39. The van der Waals surface area contributed by atoms with Crippen molar-refractivity contribution in [1.82, 2.24) is 9.29 Å². The van der Waals surface area contributed by atoms with Gasteiger partial charge in [0.05, 0.1) is 15.1 Å². The van der Waals surface area contributed by atoms with Gasteiger partial charge in [-0.2, -0.15) is 4.31 Å². The number of carbonyl (C=O) groups excluding carboxylic acids is 1. The summed E-state index contributed by atoms with van der Waals surface area (Å²) < 4.78 is 28.5. The topological polar surface area (TPSA) is 79.4 Å². The third kappa shape index (κ3) is 4.00. The third-order valence-corrected chi connectivity index (χ3v) is 9.10. The Morgan fingerprint density at radius 3 is 2.44 bits per heavy atom. The van der Waals surface area contributed by atoms with E-state index in [1.807, 2.05) is 13.8 Å². The molecule has 1 aliphatic carbocycles. The minimum Gasteiger partial charge on any atom is -0.298 e. The van der Waals surface area contributed by atoms with E-state index in [4.69, 9.17) is 4.98 Å². The second kappa shape index (κ2) is 9.09. The Labute approximate surface area is 203 Å². The van der Waals surface area contributed by atoms with E-state index >= 15 is 0 Å². The van der Waals surface area contributed by atoms with Crippen LogP contribution in [-0.4, -0.2) is 36.7 Å². The molecular formula is C26H27N3O3S2. The van der Waals surface area contributed by atoms with E-state index in [0.717, 1.165) is 41.3 Å². The Morgan fingerprint density at radius 2 is 1.74 bits per heavy atom. The molecule has 8 heteroatoms. The molecule has 0 aliphatic heterocycles. The molecule has 1 N–H and O–H groups in total. The zero-order chi connectivity index (χ0) is 23.9. The smallest absolute Gasteiger partial charge is 0.257 e. The second-order valence-corrected chi connectivity index (χ2v) is 11.6. The number of aromatic nitrogens is 1. The normalized spacial score (nSPS) is 13.3. The molecule has 0 radical (unpaired) electrons. The lowest BCUT2D eigenvalue weighted by Crippen LogP contribution is -2.32. The zero-order valence-corrected chi connectivity index (χ0v) is 20.9. The molecule has 6 nitrogen and oxygen atoms in total. The van der Waals surface area contributed by atoms with Crippen LogP contribution in [0.4, 0.5) is 5.13 Å². The third-order valence-electron chi connectivity index (χ3n) is 6.27. The summed E-state index contributed by atoms with van der Waals surface area (Å²) >= 11 is 1.46. The monoisotopic (exact) mass is 493 g/mol. The van der Waals surface area contributed by atoms with Gasteiger partial charge in [-0.3, -0.25) is 10.1 Å². The fraction of sp³-hybridized carbons (Fsp3) is 0.308. The van der Waals surface area contributed by atoms with Crippen LogP contribution in [0, 0.1) is 0 Å². The van der Waals surface area contributed by atoms with Crippen molar-refractivity contribution in [2.45, 2.75) is 44.4 Å². The average Bonchev–Trinajstić information content (AvgIpc) is 3.44. The van der Waals surface area contributed by atoms with Crippen molar-refractivity contribution in [2.24, 2.45) is 0 Å². The van der Waals surface area contributed by atoms with Gasteiger partial charge in [0.2, 0.25) is 10.0 Å². The van der Waals surface area contributed by atoms with E-state index in [9.17, 15) is 13.2 Å². The van der Waals surface area contributed by atoms with Crippen LogP contribution in [0.1, 0.15) is 48.2 Å². The van der Waals surface area contributed by atoms with Gasteiger partial charge in [-0.15, -0.1) is 0 Å². The number of benzene rings is 3. The van der Waals surface area contributed by atoms with Crippen LogP contribution >= 0.6 is 11.3 Å². The molecule has 0 spiro atoms. The van der Waals surface area contributed by atoms with Gasteiger partial charge < -0.3 is 0 Å². The molecule has 0 saturated carbocycles. The minimum atomic E-state index is -3.58. The number of carbonyl (C=O) groups is 1. The lowest BCUT2D eigenvalue weighted by Gasteiger charge is -2.21. The van der Waals surface area contributed by atoms with Crippen LogP contribution < -0.4 is 5.32 Å². The molecule has 34 heavy (non-hydrogen) atoms. The van der Waals surface area contributed by atoms with Crippen molar-refractivity contribution < 1.29 is 13.2 Å². The van der Waals surface area contributed by atoms with Crippen LogP contribution in [0.15, 0.2) is 53.4 Å². The molecule has 0 unspecified atom stereocenters. The van der Waals surface area contributed by atoms with Gasteiger partial charge in [0.1, 0.15) is 0 Å². The first-order valence-corrected chi connectivity index (χ1v) is 13.9. The Bertz CT molecular complexity index is 1490. The summed E-state index contributed by atoms with van der Waals surface area (Å²) in [5, 5.41) is 5.87. The van der Waals surface area contributed by atoms with Crippen molar-refractivity contribution in [1.29, 1.82) is 0 Å². The van der Waals surface area contributed by atoms with E-state index < -0.39 is 10.0 Å². The highest BCUT2D eigenvalue weighted by Gasteiger charge is 2.24. The molecule has 1 amide bonds. The average molecular weight is 494 g/mol. The number of thiazole rings is 1. The number of hydrogen-bond acceptors (Lipinski definition) is 5. The van der Waals surface area contributed by atoms with Crippen molar-refractivity contribution >= 4 is 53.4 Å². The van der Waals surface area contributed by atoms with Crippen molar-refractivity contribution in [3.8, 4) is 0 Å². The molecule has 0 atom stereocenters. The lowest BCUT2D eigenvalue weighted by atomic mass is 10.0. The number of rotatable bonds is 8. The largest absolute Gasteiger partial charge is 0.298 e. The standard InChI is InChI=1S/C26H27N3O3S2/c1-3-14-29(15-4-2)34(31,32)20-12-10-18(11-13-20)25(30)28-26-27-24-21-7-5-6-17-8-9-19(23(17)21)16-22(24)33-26/h5-7,10-13,16H,3-4,8-9,14-15H2,1-2H3,(H,27,28,30). The molecular weight excluding hydrogens is 466 g/mol. The number of hydrogen-bond donors (Lipinski definition) is 1. The van der Waals surface area contributed by atoms with Crippen LogP contribution in [0.2, 0.25) is 0 Å². The van der Waals surface area contributed by atoms with Gasteiger partial charge in [0, 0.05) is 24.0 Å². The van der Waals surface area contributed by atoms with Crippen LogP contribution in [-0.2, 0) is 22.9 Å². The Balaban J connectivity index is 1.39. The first kappa shape index (κ1) is 23.0. The van der Waals surface area contributed by atoms with Gasteiger partial charge in [-0.25, -0.2) is 13.4 Å². The molecule has 1 heterocycles. The first-order valence-electron chi connectivity index (χ1n) is 11.7. The minimum absolute atomic E-state index is 0.204. The highest BCUT2D eigenvalue weighted by molar-refractivity contribution is 7.89. The zero-order valence-electron chi connectivity index (χ0n) is 19.3. The van der Waals surface area contributed by atoms with E-state index in [1.165, 1.54) is 44.3 Å². The summed E-state index contributed by atoms with van der Waals surface area (Å²) in [6.45, 7) is 4.88. The predicted octanol–water partition coefficient (Wildman–Crippen LogP) is 5.61. The van der Waals surface area contributed by atoms with Crippen molar-refractivity contribution in [3.63, 3.8) is 0 Å².